The molecule has 3 rings (SSSR count). The first-order valence-electron chi connectivity index (χ1n) is 12.2. The third kappa shape index (κ3) is 6.52. The predicted molar refractivity (Wildman–Crippen MR) is 144 cm³/mol. The second-order valence-electron chi connectivity index (χ2n) is 10.3. The van der Waals surface area contributed by atoms with Gasteiger partial charge in [-0.3, -0.25) is 9.48 Å². The van der Waals surface area contributed by atoms with Crippen molar-refractivity contribution >= 4 is 39.8 Å². The Labute approximate surface area is 223 Å². The summed E-state index contributed by atoms with van der Waals surface area (Å²) < 4.78 is 31.2. The van der Waals surface area contributed by atoms with Crippen LogP contribution in [0.1, 0.15) is 56.1 Å². The van der Waals surface area contributed by atoms with Gasteiger partial charge < -0.3 is 20.3 Å². The number of ether oxygens (including phenoxy) is 1. The molecule has 1 saturated heterocycles. The summed E-state index contributed by atoms with van der Waals surface area (Å²) in [6.07, 6.45) is 5.69. The smallest absolute Gasteiger partial charge is 0.410 e. The Morgan fingerprint density at radius 1 is 1.29 bits per heavy atom. The fraction of sp³-hybridized carbons (Fsp3) is 0.462. The molecule has 38 heavy (non-hydrogen) atoms. The Morgan fingerprint density at radius 3 is 2.53 bits per heavy atom. The zero-order valence-electron chi connectivity index (χ0n) is 22.3. The minimum absolute atomic E-state index is 0.110. The Balaban J connectivity index is 2.03. The quantitative estimate of drug-likeness (QED) is 0.477. The lowest BCUT2D eigenvalue weighted by atomic mass is 9.84. The van der Waals surface area contributed by atoms with Crippen LogP contribution in [-0.4, -0.2) is 67.5 Å². The van der Waals surface area contributed by atoms with Gasteiger partial charge in [0, 0.05) is 32.1 Å². The lowest BCUT2D eigenvalue weighted by molar-refractivity contribution is 0.0105. The summed E-state index contributed by atoms with van der Waals surface area (Å²) >= 11 is 0. The summed E-state index contributed by atoms with van der Waals surface area (Å²) in [6.45, 7) is 6.11. The average molecular weight is 543 g/mol. The molecule has 0 atom stereocenters. The van der Waals surface area contributed by atoms with Crippen molar-refractivity contribution in [1.82, 2.24) is 20.0 Å². The number of hydrogen-bond donors (Lipinski definition) is 2. The largest absolute Gasteiger partial charge is 0.444 e. The van der Waals surface area contributed by atoms with Gasteiger partial charge in [-0.15, -0.1) is 0 Å². The SMILES string of the molecule is CN/C=C\c1c(C=O)c(Nc2cccc(S(C)(=O)=O)c2)nn1C1(CC#N)CCN(C(=O)OC(C)(C)C)CC1. The van der Waals surface area contributed by atoms with Gasteiger partial charge in [0.25, 0.3) is 0 Å². The summed E-state index contributed by atoms with van der Waals surface area (Å²) in [5.74, 6) is 0.230. The van der Waals surface area contributed by atoms with E-state index in [1.165, 1.54) is 12.1 Å². The van der Waals surface area contributed by atoms with Gasteiger partial charge in [0.15, 0.2) is 21.9 Å². The molecule has 204 valence electrons. The molecule has 1 aliphatic rings. The maximum absolute atomic E-state index is 12.6. The highest BCUT2D eigenvalue weighted by molar-refractivity contribution is 7.90. The number of carbonyl (C=O) groups excluding carboxylic acids is 2. The fourth-order valence-electron chi connectivity index (χ4n) is 4.32. The van der Waals surface area contributed by atoms with Crippen LogP contribution in [0.15, 0.2) is 35.4 Å². The van der Waals surface area contributed by atoms with E-state index in [-0.39, 0.29) is 22.7 Å². The maximum atomic E-state index is 12.6. The van der Waals surface area contributed by atoms with Crippen molar-refractivity contribution in [2.24, 2.45) is 0 Å². The minimum atomic E-state index is -3.44. The molecule has 1 aromatic carbocycles. The Bertz CT molecular complexity index is 1360. The zero-order chi connectivity index (χ0) is 28.1. The highest BCUT2D eigenvalue weighted by Gasteiger charge is 2.41. The molecule has 2 aromatic rings. The molecule has 0 spiro atoms. The first-order chi connectivity index (χ1) is 17.8. The molecule has 0 aliphatic carbocycles. The number of amides is 1. The minimum Gasteiger partial charge on any atom is -0.444 e. The maximum Gasteiger partial charge on any atom is 0.410 e. The van der Waals surface area contributed by atoms with Gasteiger partial charge in [-0.25, -0.2) is 13.2 Å². The van der Waals surface area contributed by atoms with E-state index < -0.39 is 27.1 Å². The highest BCUT2D eigenvalue weighted by atomic mass is 32.2. The number of aldehydes is 1. The lowest BCUT2D eigenvalue weighted by Gasteiger charge is -2.41. The summed E-state index contributed by atoms with van der Waals surface area (Å²) in [4.78, 5) is 26.7. The number of likely N-dealkylation sites (tertiary alicyclic amines) is 1. The Kier molecular flexibility index (Phi) is 8.51. The molecule has 1 aliphatic heterocycles. The molecule has 1 amide bonds. The summed E-state index contributed by atoms with van der Waals surface area (Å²) in [5, 5.41) is 20.5. The number of nitrogens with zero attached hydrogens (tertiary/aromatic N) is 4. The number of nitrogens with one attached hydrogen (secondary N) is 2. The van der Waals surface area contributed by atoms with E-state index in [4.69, 9.17) is 9.84 Å². The highest BCUT2D eigenvalue weighted by Crippen LogP contribution is 2.38. The van der Waals surface area contributed by atoms with Gasteiger partial charge in [-0.1, -0.05) is 6.07 Å². The second-order valence-corrected chi connectivity index (χ2v) is 12.3. The van der Waals surface area contributed by atoms with Gasteiger partial charge in [0.1, 0.15) is 5.60 Å². The number of aromatic nitrogens is 2. The second kappa shape index (κ2) is 11.3. The number of piperidine rings is 1. The van der Waals surface area contributed by atoms with E-state index in [1.54, 1.807) is 61.8 Å². The van der Waals surface area contributed by atoms with E-state index in [1.807, 2.05) is 0 Å². The number of nitriles is 1. The van der Waals surface area contributed by atoms with Crippen LogP contribution in [0, 0.1) is 11.3 Å². The molecular weight excluding hydrogens is 508 g/mol. The van der Waals surface area contributed by atoms with Crippen LogP contribution < -0.4 is 10.6 Å². The normalized spacial score (nSPS) is 15.6. The van der Waals surface area contributed by atoms with Crippen molar-refractivity contribution in [2.75, 3.05) is 31.7 Å². The van der Waals surface area contributed by atoms with Gasteiger partial charge in [-0.05, 0) is 64.1 Å². The van der Waals surface area contributed by atoms with E-state index in [9.17, 15) is 23.3 Å². The summed E-state index contributed by atoms with van der Waals surface area (Å²) in [7, 11) is -1.72. The van der Waals surface area contributed by atoms with Crippen molar-refractivity contribution in [3.63, 3.8) is 0 Å². The number of hydrogen-bond acceptors (Lipinski definition) is 9. The van der Waals surface area contributed by atoms with E-state index >= 15 is 0 Å². The first-order valence-corrected chi connectivity index (χ1v) is 14.1. The molecule has 12 heteroatoms. The molecule has 0 saturated carbocycles. The van der Waals surface area contributed by atoms with Crippen LogP contribution in [0.5, 0.6) is 0 Å². The van der Waals surface area contributed by atoms with Crippen molar-refractivity contribution < 1.29 is 22.7 Å². The van der Waals surface area contributed by atoms with Crippen LogP contribution in [0.3, 0.4) is 0 Å². The lowest BCUT2D eigenvalue weighted by Crippen LogP contribution is -2.49. The van der Waals surface area contributed by atoms with E-state index in [2.05, 4.69) is 16.7 Å². The zero-order valence-corrected chi connectivity index (χ0v) is 23.1. The number of rotatable bonds is 8. The van der Waals surface area contributed by atoms with Crippen LogP contribution in [0.2, 0.25) is 0 Å². The van der Waals surface area contributed by atoms with Crippen molar-refractivity contribution in [3.8, 4) is 6.07 Å². The van der Waals surface area contributed by atoms with Crippen molar-refractivity contribution in [2.45, 2.75) is 56.1 Å². The monoisotopic (exact) mass is 542 g/mol. The molecule has 0 bridgehead atoms. The van der Waals surface area contributed by atoms with Gasteiger partial charge in [0.05, 0.1) is 34.2 Å². The molecule has 2 heterocycles. The van der Waals surface area contributed by atoms with Gasteiger partial charge in [0.2, 0.25) is 0 Å². The fourth-order valence-corrected chi connectivity index (χ4v) is 4.99. The van der Waals surface area contributed by atoms with Crippen LogP contribution in [-0.2, 0) is 20.1 Å². The summed E-state index contributed by atoms with van der Waals surface area (Å²) in [6, 6.07) is 8.48. The predicted octanol–water partition coefficient (Wildman–Crippen LogP) is 3.67. The Hall–Kier alpha value is -3.85. The standard InChI is InChI=1S/C26H34N6O5S/c1-25(2,3)37-24(34)31-15-11-26(10-13-27,12-16-31)32-22(9-14-28-4)21(18-33)23(30-32)29-19-7-6-8-20(17-19)38(5,35)36/h6-9,14,17-18,28H,10-12,15-16H2,1-5H3,(H,29,30)/b14-9-. The third-order valence-electron chi connectivity index (χ3n) is 6.21. The summed E-state index contributed by atoms with van der Waals surface area (Å²) in [5.41, 5.74) is -0.226. The van der Waals surface area contributed by atoms with E-state index in [0.29, 0.717) is 43.6 Å². The molecule has 1 aromatic heterocycles. The van der Waals surface area contributed by atoms with Crippen LogP contribution in [0.25, 0.3) is 6.08 Å². The molecule has 1 fully saturated rings. The van der Waals surface area contributed by atoms with Crippen LogP contribution >= 0.6 is 0 Å². The van der Waals surface area contributed by atoms with Gasteiger partial charge >= 0.3 is 6.09 Å². The van der Waals surface area contributed by atoms with Gasteiger partial charge in [-0.2, -0.15) is 10.4 Å². The number of carbonyl (C=O) groups is 2. The van der Waals surface area contributed by atoms with Crippen molar-refractivity contribution in [3.05, 3.63) is 41.7 Å². The molecule has 2 N–H and O–H groups in total. The average Bonchev–Trinajstić information content (AvgIpc) is 3.19. The third-order valence-corrected chi connectivity index (χ3v) is 7.32. The molecule has 11 nitrogen and oxygen atoms in total. The van der Waals surface area contributed by atoms with Crippen LogP contribution in [0.4, 0.5) is 16.3 Å². The number of anilines is 2. The first kappa shape index (κ1) is 28.7. The number of sulfone groups is 1. The topological polar surface area (TPSA) is 146 Å². The molecule has 0 radical (unpaired) electrons. The number of benzene rings is 1. The molecular formula is C26H34N6O5S. The van der Waals surface area contributed by atoms with E-state index in [0.717, 1.165) is 6.26 Å². The Morgan fingerprint density at radius 2 is 1.97 bits per heavy atom. The molecule has 0 unspecified atom stereocenters. The van der Waals surface area contributed by atoms with Crippen molar-refractivity contribution in [1.29, 1.82) is 5.26 Å².